The molecule has 2 aromatic rings. The molecule has 0 spiro atoms. The number of aromatic nitrogens is 4. The van der Waals surface area contributed by atoms with Crippen LogP contribution in [0.2, 0.25) is 0 Å². The number of carbonyl (C=O) groups excluding carboxylic acids is 1. The highest BCUT2D eigenvalue weighted by molar-refractivity contribution is 5.85. The molecule has 15 heavy (non-hydrogen) atoms. The molecule has 0 amide bonds. The average molecular weight is 206 g/mol. The Hall–Kier alpha value is -2.11. The van der Waals surface area contributed by atoms with Gasteiger partial charge < -0.3 is 0 Å². The van der Waals surface area contributed by atoms with Crippen LogP contribution in [0.25, 0.3) is 11.4 Å². The maximum atomic E-state index is 13.0. The van der Waals surface area contributed by atoms with E-state index in [1.54, 1.807) is 7.05 Å². The van der Waals surface area contributed by atoms with Crippen molar-refractivity contribution in [1.29, 1.82) is 0 Å². The smallest absolute Gasteiger partial charge is 0.182 e. The largest absolute Gasteiger partial charge is 0.298 e. The second kappa shape index (κ2) is 3.56. The molecule has 1 heterocycles. The summed E-state index contributed by atoms with van der Waals surface area (Å²) in [5, 5.41) is 10.8. The molecule has 0 radical (unpaired) electrons. The zero-order valence-electron chi connectivity index (χ0n) is 7.88. The number of tetrazole rings is 1. The number of benzene rings is 1. The first-order valence-corrected chi connectivity index (χ1v) is 4.20. The Labute approximate surface area is 84.5 Å². The third-order valence-electron chi connectivity index (χ3n) is 2.00. The maximum absolute atomic E-state index is 13.0. The van der Waals surface area contributed by atoms with Crippen molar-refractivity contribution in [1.82, 2.24) is 20.2 Å². The number of rotatable bonds is 2. The lowest BCUT2D eigenvalue weighted by Crippen LogP contribution is -1.98. The minimum Gasteiger partial charge on any atom is -0.298 e. The van der Waals surface area contributed by atoms with Gasteiger partial charge in [0.15, 0.2) is 12.1 Å². The Balaban J connectivity index is 2.65. The summed E-state index contributed by atoms with van der Waals surface area (Å²) in [6.45, 7) is 0. The minimum absolute atomic E-state index is 0.356. The summed E-state index contributed by atoms with van der Waals surface area (Å²) in [6.07, 6.45) is 0.642. The number of hydrogen-bond donors (Lipinski definition) is 0. The molecule has 76 valence electrons. The van der Waals surface area contributed by atoms with Crippen molar-refractivity contribution in [3.63, 3.8) is 0 Å². The quantitative estimate of drug-likeness (QED) is 0.683. The van der Waals surface area contributed by atoms with Gasteiger partial charge in [-0.2, -0.15) is 0 Å². The third kappa shape index (κ3) is 1.61. The maximum Gasteiger partial charge on any atom is 0.182 e. The lowest BCUT2D eigenvalue weighted by atomic mass is 10.1. The predicted molar refractivity (Wildman–Crippen MR) is 49.6 cm³/mol. The highest BCUT2D eigenvalue weighted by Gasteiger charge is 2.11. The summed E-state index contributed by atoms with van der Waals surface area (Å²) in [5.41, 5.74) is 0.742. The Morgan fingerprint density at radius 3 is 2.87 bits per heavy atom. The fourth-order valence-corrected chi connectivity index (χ4v) is 1.28. The van der Waals surface area contributed by atoms with E-state index in [0.717, 1.165) is 0 Å². The first-order chi connectivity index (χ1) is 7.22. The molecule has 5 nitrogen and oxygen atoms in total. The molecule has 0 aliphatic rings. The molecule has 0 fully saturated rings. The summed E-state index contributed by atoms with van der Waals surface area (Å²) >= 11 is 0. The summed E-state index contributed by atoms with van der Waals surface area (Å²) in [7, 11) is 1.62. The van der Waals surface area contributed by atoms with Crippen molar-refractivity contribution in [2.75, 3.05) is 0 Å². The van der Waals surface area contributed by atoms with E-state index in [9.17, 15) is 9.18 Å². The summed E-state index contributed by atoms with van der Waals surface area (Å²) < 4.78 is 14.4. The van der Waals surface area contributed by atoms with Gasteiger partial charge in [0.25, 0.3) is 0 Å². The Morgan fingerprint density at radius 1 is 1.47 bits per heavy atom. The van der Waals surface area contributed by atoms with Gasteiger partial charge in [-0.3, -0.25) is 4.79 Å². The number of aldehydes is 1. The molecule has 0 unspecified atom stereocenters. The van der Waals surface area contributed by atoms with E-state index in [-0.39, 0.29) is 0 Å². The first kappa shape index (κ1) is 9.45. The number of aryl methyl sites for hydroxylation is 1. The normalized spacial score (nSPS) is 10.3. The lowest BCUT2D eigenvalue weighted by Gasteiger charge is -2.02. The van der Waals surface area contributed by atoms with Gasteiger partial charge in [0, 0.05) is 18.2 Å². The third-order valence-corrected chi connectivity index (χ3v) is 2.00. The van der Waals surface area contributed by atoms with E-state index in [0.29, 0.717) is 23.2 Å². The van der Waals surface area contributed by atoms with Gasteiger partial charge in [0.1, 0.15) is 5.82 Å². The highest BCUT2D eigenvalue weighted by Crippen LogP contribution is 2.20. The molecule has 1 aromatic heterocycles. The molecule has 1 aromatic carbocycles. The van der Waals surface area contributed by atoms with Crippen molar-refractivity contribution in [2.24, 2.45) is 7.05 Å². The SMILES string of the molecule is Cn1nnnc1-c1cc(F)ccc1C=O. The van der Waals surface area contributed by atoms with E-state index in [4.69, 9.17) is 0 Å². The van der Waals surface area contributed by atoms with E-state index < -0.39 is 5.82 Å². The fourth-order valence-electron chi connectivity index (χ4n) is 1.28. The molecule has 0 bridgehead atoms. The van der Waals surface area contributed by atoms with Crippen LogP contribution in [0.3, 0.4) is 0 Å². The second-order valence-corrected chi connectivity index (χ2v) is 2.98. The van der Waals surface area contributed by atoms with E-state index in [1.165, 1.54) is 22.9 Å². The average Bonchev–Trinajstić information content (AvgIpc) is 2.64. The zero-order valence-corrected chi connectivity index (χ0v) is 7.88. The topological polar surface area (TPSA) is 60.7 Å². The number of halogens is 1. The van der Waals surface area contributed by atoms with Gasteiger partial charge in [-0.25, -0.2) is 9.07 Å². The Bertz CT molecular complexity index is 509. The van der Waals surface area contributed by atoms with Crippen molar-refractivity contribution >= 4 is 6.29 Å². The monoisotopic (exact) mass is 206 g/mol. The molecular formula is C9H7FN4O. The van der Waals surface area contributed by atoms with Crippen LogP contribution in [0.1, 0.15) is 10.4 Å². The van der Waals surface area contributed by atoms with E-state index in [1.807, 2.05) is 0 Å². The van der Waals surface area contributed by atoms with Crippen LogP contribution in [-0.2, 0) is 7.05 Å². The van der Waals surface area contributed by atoms with Gasteiger partial charge in [-0.1, -0.05) is 0 Å². The molecule has 0 atom stereocenters. The number of hydrogen-bond acceptors (Lipinski definition) is 4. The van der Waals surface area contributed by atoms with E-state index >= 15 is 0 Å². The van der Waals surface area contributed by atoms with Crippen molar-refractivity contribution < 1.29 is 9.18 Å². The van der Waals surface area contributed by atoms with Crippen LogP contribution in [0.15, 0.2) is 18.2 Å². The van der Waals surface area contributed by atoms with Crippen molar-refractivity contribution in [3.05, 3.63) is 29.6 Å². The highest BCUT2D eigenvalue weighted by atomic mass is 19.1. The van der Waals surface area contributed by atoms with Gasteiger partial charge in [-0.15, -0.1) is 5.10 Å². The molecule has 0 saturated heterocycles. The van der Waals surface area contributed by atoms with Gasteiger partial charge in [-0.05, 0) is 28.6 Å². The van der Waals surface area contributed by atoms with Gasteiger partial charge >= 0.3 is 0 Å². The van der Waals surface area contributed by atoms with Gasteiger partial charge in [0.05, 0.1) is 0 Å². The molecule has 6 heteroatoms. The van der Waals surface area contributed by atoms with Crippen LogP contribution in [0.5, 0.6) is 0 Å². The van der Waals surface area contributed by atoms with Crippen LogP contribution >= 0.6 is 0 Å². The lowest BCUT2D eigenvalue weighted by molar-refractivity contribution is 0.112. The fraction of sp³-hybridized carbons (Fsp3) is 0.111. The number of nitrogens with zero attached hydrogens (tertiary/aromatic N) is 4. The van der Waals surface area contributed by atoms with Crippen molar-refractivity contribution in [3.8, 4) is 11.4 Å². The molecule has 0 aliphatic carbocycles. The number of carbonyl (C=O) groups is 1. The standard InChI is InChI=1S/C9H7FN4O/c1-14-9(11-12-13-14)8-4-7(10)3-2-6(8)5-15/h2-5H,1H3. The molecule has 2 rings (SSSR count). The molecule has 0 saturated carbocycles. The molecule has 0 aliphatic heterocycles. The Morgan fingerprint density at radius 2 is 2.27 bits per heavy atom. The molecular weight excluding hydrogens is 199 g/mol. The van der Waals surface area contributed by atoms with Crippen LogP contribution in [0.4, 0.5) is 4.39 Å². The summed E-state index contributed by atoms with van der Waals surface area (Å²) in [5.74, 6) is -0.0739. The van der Waals surface area contributed by atoms with Crippen LogP contribution < -0.4 is 0 Å². The minimum atomic E-state index is -0.432. The summed E-state index contributed by atoms with van der Waals surface area (Å²) in [4.78, 5) is 10.7. The zero-order chi connectivity index (χ0) is 10.8. The molecule has 0 N–H and O–H groups in total. The Kier molecular flexibility index (Phi) is 2.24. The van der Waals surface area contributed by atoms with Crippen LogP contribution in [-0.4, -0.2) is 26.5 Å². The predicted octanol–water partition coefficient (Wildman–Crippen LogP) is 0.829. The first-order valence-electron chi connectivity index (χ1n) is 4.20. The second-order valence-electron chi connectivity index (χ2n) is 2.98. The van der Waals surface area contributed by atoms with Crippen LogP contribution in [0, 0.1) is 5.82 Å². The van der Waals surface area contributed by atoms with E-state index in [2.05, 4.69) is 15.5 Å². The van der Waals surface area contributed by atoms with Crippen molar-refractivity contribution in [2.45, 2.75) is 0 Å². The van der Waals surface area contributed by atoms with Gasteiger partial charge in [0.2, 0.25) is 0 Å². The summed E-state index contributed by atoms with van der Waals surface area (Å²) in [6, 6.07) is 3.85.